The molecule has 0 heterocycles. The predicted molar refractivity (Wildman–Crippen MR) is 116 cm³/mol. The number of ether oxygens (including phenoxy) is 1. The van der Waals surface area contributed by atoms with E-state index in [2.05, 4.69) is 5.32 Å². The molecule has 0 aliphatic carbocycles. The SMILES string of the molecule is Cl.Fc1ccc(CCNCc2cc(Cl)ccc2OCc2ccc(Cl)cc2)cc1. The van der Waals surface area contributed by atoms with Gasteiger partial charge in [-0.25, -0.2) is 4.39 Å². The molecule has 3 rings (SSSR count). The fourth-order valence-corrected chi connectivity index (χ4v) is 3.00. The van der Waals surface area contributed by atoms with Crippen LogP contribution in [0.5, 0.6) is 5.75 Å². The minimum atomic E-state index is -0.215. The van der Waals surface area contributed by atoms with Gasteiger partial charge in [-0.1, -0.05) is 47.5 Å². The Morgan fingerprint density at radius 3 is 2.18 bits per heavy atom. The van der Waals surface area contributed by atoms with Crippen LogP contribution < -0.4 is 10.1 Å². The maximum Gasteiger partial charge on any atom is 0.124 e. The highest BCUT2D eigenvalue weighted by Gasteiger charge is 2.06. The lowest BCUT2D eigenvalue weighted by Crippen LogP contribution is -2.17. The van der Waals surface area contributed by atoms with Gasteiger partial charge >= 0.3 is 0 Å². The topological polar surface area (TPSA) is 21.3 Å². The van der Waals surface area contributed by atoms with Crippen molar-refractivity contribution in [1.29, 1.82) is 0 Å². The fraction of sp³-hybridized carbons (Fsp3) is 0.182. The molecule has 6 heteroatoms. The van der Waals surface area contributed by atoms with Gasteiger partial charge in [-0.05, 0) is 66.6 Å². The quantitative estimate of drug-likeness (QED) is 0.406. The summed E-state index contributed by atoms with van der Waals surface area (Å²) in [5.74, 6) is 0.580. The third kappa shape index (κ3) is 6.99. The van der Waals surface area contributed by atoms with Gasteiger partial charge in [0.25, 0.3) is 0 Å². The maximum atomic E-state index is 12.9. The molecule has 3 aromatic rings. The summed E-state index contributed by atoms with van der Waals surface area (Å²) in [6.45, 7) is 1.87. The van der Waals surface area contributed by atoms with Crippen LogP contribution in [0.25, 0.3) is 0 Å². The Morgan fingerprint density at radius 1 is 0.821 bits per heavy atom. The van der Waals surface area contributed by atoms with Crippen molar-refractivity contribution in [3.63, 3.8) is 0 Å². The van der Waals surface area contributed by atoms with Gasteiger partial charge in [-0.15, -0.1) is 12.4 Å². The second kappa shape index (κ2) is 11.3. The zero-order chi connectivity index (χ0) is 19.1. The molecule has 1 N–H and O–H groups in total. The van der Waals surface area contributed by atoms with Crippen LogP contribution in [0, 0.1) is 5.82 Å². The van der Waals surface area contributed by atoms with Gasteiger partial charge in [0.1, 0.15) is 18.2 Å². The number of halogens is 4. The normalized spacial score (nSPS) is 10.4. The van der Waals surface area contributed by atoms with Crippen LogP contribution in [0.1, 0.15) is 16.7 Å². The lowest BCUT2D eigenvalue weighted by molar-refractivity contribution is 0.302. The highest BCUT2D eigenvalue weighted by molar-refractivity contribution is 6.30. The third-order valence-corrected chi connectivity index (χ3v) is 4.64. The highest BCUT2D eigenvalue weighted by atomic mass is 35.5. The first kappa shape index (κ1) is 22.5. The van der Waals surface area contributed by atoms with Gasteiger partial charge in [0.05, 0.1) is 0 Å². The Hall–Kier alpha value is -1.78. The van der Waals surface area contributed by atoms with Crippen molar-refractivity contribution in [2.75, 3.05) is 6.54 Å². The Morgan fingerprint density at radius 2 is 1.46 bits per heavy atom. The lowest BCUT2D eigenvalue weighted by atomic mass is 10.1. The van der Waals surface area contributed by atoms with E-state index in [1.54, 1.807) is 12.1 Å². The van der Waals surface area contributed by atoms with E-state index in [9.17, 15) is 4.39 Å². The van der Waals surface area contributed by atoms with Crippen LogP contribution in [-0.2, 0) is 19.6 Å². The first-order valence-corrected chi connectivity index (χ1v) is 9.46. The molecule has 148 valence electrons. The van der Waals surface area contributed by atoms with Crippen molar-refractivity contribution in [2.45, 2.75) is 19.6 Å². The molecule has 0 atom stereocenters. The van der Waals surface area contributed by atoms with E-state index in [4.69, 9.17) is 27.9 Å². The van der Waals surface area contributed by atoms with E-state index < -0.39 is 0 Å². The molecule has 0 aliphatic heterocycles. The van der Waals surface area contributed by atoms with Crippen molar-refractivity contribution in [2.24, 2.45) is 0 Å². The minimum absolute atomic E-state index is 0. The average Bonchev–Trinajstić information content (AvgIpc) is 2.67. The Kier molecular flexibility index (Phi) is 9.07. The summed E-state index contributed by atoms with van der Waals surface area (Å²) in [5, 5.41) is 4.76. The van der Waals surface area contributed by atoms with Crippen LogP contribution in [0.15, 0.2) is 66.7 Å². The zero-order valence-corrected chi connectivity index (χ0v) is 17.5. The Balaban J connectivity index is 0.00000280. The molecule has 0 spiro atoms. The molecule has 0 saturated heterocycles. The summed E-state index contributed by atoms with van der Waals surface area (Å²) in [5.41, 5.74) is 3.13. The maximum absolute atomic E-state index is 12.9. The molecule has 3 aromatic carbocycles. The van der Waals surface area contributed by atoms with E-state index in [1.807, 2.05) is 42.5 Å². The monoisotopic (exact) mass is 439 g/mol. The molecule has 0 amide bonds. The van der Waals surface area contributed by atoms with Gasteiger partial charge < -0.3 is 10.1 Å². The fourth-order valence-electron chi connectivity index (χ4n) is 2.68. The second-order valence-electron chi connectivity index (χ2n) is 6.22. The Bertz CT molecular complexity index is 870. The average molecular weight is 441 g/mol. The molecule has 2 nitrogen and oxygen atoms in total. The third-order valence-electron chi connectivity index (χ3n) is 4.15. The molecular weight excluding hydrogens is 420 g/mol. The summed E-state index contributed by atoms with van der Waals surface area (Å²) in [7, 11) is 0. The molecule has 0 bridgehead atoms. The van der Waals surface area contributed by atoms with E-state index in [0.717, 1.165) is 35.4 Å². The van der Waals surface area contributed by atoms with Gasteiger partial charge in [0, 0.05) is 22.2 Å². The largest absolute Gasteiger partial charge is 0.489 e. The molecule has 28 heavy (non-hydrogen) atoms. The first-order valence-electron chi connectivity index (χ1n) is 8.71. The smallest absolute Gasteiger partial charge is 0.124 e. The zero-order valence-electron chi connectivity index (χ0n) is 15.1. The summed E-state index contributed by atoms with van der Waals surface area (Å²) in [6, 6.07) is 19.8. The van der Waals surface area contributed by atoms with Gasteiger partial charge in [-0.2, -0.15) is 0 Å². The van der Waals surface area contributed by atoms with Gasteiger partial charge in [0.15, 0.2) is 0 Å². The minimum Gasteiger partial charge on any atom is -0.489 e. The van der Waals surface area contributed by atoms with Crippen molar-refractivity contribution < 1.29 is 9.13 Å². The van der Waals surface area contributed by atoms with Crippen molar-refractivity contribution in [3.8, 4) is 5.75 Å². The molecule has 0 radical (unpaired) electrons. The van der Waals surface area contributed by atoms with E-state index in [-0.39, 0.29) is 18.2 Å². The Labute approximate surface area is 181 Å². The number of nitrogens with one attached hydrogen (secondary N) is 1. The molecule has 0 saturated carbocycles. The van der Waals surface area contributed by atoms with Crippen LogP contribution in [-0.4, -0.2) is 6.54 Å². The molecule has 0 unspecified atom stereocenters. The lowest BCUT2D eigenvalue weighted by Gasteiger charge is -2.13. The van der Waals surface area contributed by atoms with Crippen molar-refractivity contribution >= 4 is 35.6 Å². The highest BCUT2D eigenvalue weighted by Crippen LogP contribution is 2.24. The van der Waals surface area contributed by atoms with Crippen LogP contribution >= 0.6 is 35.6 Å². The summed E-state index contributed by atoms with van der Waals surface area (Å²) in [6.07, 6.45) is 0.821. The second-order valence-corrected chi connectivity index (χ2v) is 7.09. The standard InChI is InChI=1S/C22H20Cl2FNO.ClH/c23-19-5-1-17(2-6-19)15-27-22-10-7-20(24)13-18(22)14-26-12-11-16-3-8-21(25)9-4-16;/h1-10,13,26H,11-12,14-15H2;1H. The van der Waals surface area contributed by atoms with Crippen LogP contribution in [0.4, 0.5) is 4.39 Å². The van der Waals surface area contributed by atoms with Crippen molar-refractivity contribution in [1.82, 2.24) is 5.32 Å². The predicted octanol–water partition coefficient (Wildman–Crippen LogP) is 6.47. The number of hydrogen-bond donors (Lipinski definition) is 1. The summed E-state index contributed by atoms with van der Waals surface area (Å²) >= 11 is 12.1. The molecule has 0 aliphatic rings. The van der Waals surface area contributed by atoms with E-state index >= 15 is 0 Å². The number of rotatable bonds is 8. The summed E-state index contributed by atoms with van der Waals surface area (Å²) in [4.78, 5) is 0. The van der Waals surface area contributed by atoms with Crippen LogP contribution in [0.3, 0.4) is 0 Å². The van der Waals surface area contributed by atoms with Gasteiger partial charge in [-0.3, -0.25) is 0 Å². The van der Waals surface area contributed by atoms with E-state index in [0.29, 0.717) is 23.2 Å². The number of hydrogen-bond acceptors (Lipinski definition) is 2. The molecular formula is C22H21Cl3FNO. The molecule has 0 aromatic heterocycles. The van der Waals surface area contributed by atoms with Gasteiger partial charge in [0.2, 0.25) is 0 Å². The first-order chi connectivity index (χ1) is 13.1. The van der Waals surface area contributed by atoms with Crippen molar-refractivity contribution in [3.05, 3.63) is 99.3 Å². The number of benzene rings is 3. The molecule has 0 fully saturated rings. The van der Waals surface area contributed by atoms with E-state index in [1.165, 1.54) is 12.1 Å². The van der Waals surface area contributed by atoms with Crippen LogP contribution in [0.2, 0.25) is 10.0 Å². The summed E-state index contributed by atoms with van der Waals surface area (Å²) < 4.78 is 18.9.